The smallest absolute Gasteiger partial charge is 0.404 e. The average Bonchev–Trinajstić information content (AvgIpc) is 3.21. The minimum atomic E-state index is -4.02. The summed E-state index contributed by atoms with van der Waals surface area (Å²) in [4.78, 5) is 11.3. The number of aliphatic hydroxyl groups excluding tert-OH is 1. The number of fused-ring (bicyclic) bond motifs is 1. The molecule has 0 saturated heterocycles. The van der Waals surface area contributed by atoms with Crippen molar-refractivity contribution < 1.29 is 38.0 Å². The van der Waals surface area contributed by atoms with Crippen molar-refractivity contribution in [2.45, 2.75) is 37.3 Å². The lowest BCUT2D eigenvalue weighted by atomic mass is 10.0. The molecule has 0 radical (unpaired) electrons. The Balaban J connectivity index is 1.84. The summed E-state index contributed by atoms with van der Waals surface area (Å²) in [6, 6.07) is 9.44. The van der Waals surface area contributed by atoms with E-state index in [0.29, 0.717) is 17.1 Å². The number of hydrogen-bond acceptors (Lipinski definition) is 7. The summed E-state index contributed by atoms with van der Waals surface area (Å²) in [5, 5.41) is 31.9. The maximum Gasteiger partial charge on any atom is 0.404 e. The van der Waals surface area contributed by atoms with Crippen LogP contribution in [0.4, 0.5) is 4.79 Å². The van der Waals surface area contributed by atoms with Gasteiger partial charge in [0.15, 0.2) is 11.5 Å². The van der Waals surface area contributed by atoms with Gasteiger partial charge in [0.2, 0.25) is 16.8 Å². The minimum absolute atomic E-state index is 0.00700. The molecule has 0 fully saturated rings. The number of nitrogens with one attached hydrogen (secondary N) is 1. The molecule has 2 atom stereocenters. The third-order valence-electron chi connectivity index (χ3n) is 5.11. The Morgan fingerprint density at radius 3 is 2.39 bits per heavy atom. The number of phenols is 1. The molecule has 0 aliphatic carbocycles. The quantitative estimate of drug-likeness (QED) is 0.404. The highest BCUT2D eigenvalue weighted by molar-refractivity contribution is 7.89. The second-order valence-corrected chi connectivity index (χ2v) is 10.2. The zero-order chi connectivity index (χ0) is 24.2. The van der Waals surface area contributed by atoms with E-state index in [2.05, 4.69) is 5.32 Å². The number of nitrogens with zero attached hydrogens (tertiary/aromatic N) is 1. The van der Waals surface area contributed by atoms with Crippen LogP contribution in [-0.2, 0) is 16.4 Å². The fraction of sp³-hybridized carbons (Fsp3) is 0.409. The molecule has 10 nitrogen and oxygen atoms in total. The molecule has 33 heavy (non-hydrogen) atoms. The van der Waals surface area contributed by atoms with Crippen LogP contribution in [0.1, 0.15) is 19.4 Å². The van der Waals surface area contributed by atoms with Gasteiger partial charge in [-0.1, -0.05) is 26.0 Å². The van der Waals surface area contributed by atoms with Crippen LogP contribution in [0.3, 0.4) is 0 Å². The number of sulfonamides is 1. The Morgan fingerprint density at radius 1 is 1.09 bits per heavy atom. The summed E-state index contributed by atoms with van der Waals surface area (Å²) in [7, 11) is -4.02. The number of hydrogen-bond donors (Lipinski definition) is 4. The fourth-order valence-electron chi connectivity index (χ4n) is 3.53. The summed E-state index contributed by atoms with van der Waals surface area (Å²) >= 11 is 0. The molecule has 1 aliphatic heterocycles. The molecule has 2 aromatic carbocycles. The summed E-state index contributed by atoms with van der Waals surface area (Å²) in [6.07, 6.45) is -2.57. The summed E-state index contributed by atoms with van der Waals surface area (Å²) < 4.78 is 38.5. The predicted molar refractivity (Wildman–Crippen MR) is 119 cm³/mol. The topological polar surface area (TPSA) is 146 Å². The number of rotatable bonds is 10. The third kappa shape index (κ3) is 6.28. The molecule has 4 N–H and O–H groups in total. The van der Waals surface area contributed by atoms with Crippen molar-refractivity contribution in [2.75, 3.05) is 19.9 Å². The van der Waals surface area contributed by atoms with Gasteiger partial charge in [-0.2, -0.15) is 4.31 Å². The second kappa shape index (κ2) is 10.3. The van der Waals surface area contributed by atoms with E-state index in [4.69, 9.17) is 9.47 Å². The molecule has 0 unspecified atom stereocenters. The number of ether oxygens (including phenoxy) is 2. The first-order chi connectivity index (χ1) is 15.6. The van der Waals surface area contributed by atoms with E-state index < -0.39 is 28.3 Å². The van der Waals surface area contributed by atoms with E-state index in [1.54, 1.807) is 12.1 Å². The second-order valence-electron chi connectivity index (χ2n) is 8.22. The Hall–Kier alpha value is -3.02. The van der Waals surface area contributed by atoms with Gasteiger partial charge >= 0.3 is 6.09 Å². The highest BCUT2D eigenvalue weighted by Crippen LogP contribution is 2.34. The summed E-state index contributed by atoms with van der Waals surface area (Å²) in [5.41, 5.74) is 0.666. The monoisotopic (exact) mass is 480 g/mol. The van der Waals surface area contributed by atoms with Gasteiger partial charge in [0, 0.05) is 19.2 Å². The standard InChI is InChI=1S/C22H28N2O8S/c1-14(2)11-24(33(29,30)17-7-8-20-21(10-17)32-13-31-20)12-19(26)18(23-22(27)28)9-15-3-5-16(25)6-4-15/h3-8,10,14,18-19,23,25-26H,9,11-13H2,1-2H3,(H,27,28)/t18-,19-/m0/s1. The zero-order valence-electron chi connectivity index (χ0n) is 18.3. The lowest BCUT2D eigenvalue weighted by Crippen LogP contribution is -2.50. The molecular weight excluding hydrogens is 452 g/mol. The van der Waals surface area contributed by atoms with E-state index in [1.165, 1.54) is 30.3 Å². The molecule has 1 amide bonds. The van der Waals surface area contributed by atoms with Gasteiger partial charge in [-0.05, 0) is 42.2 Å². The maximum atomic E-state index is 13.4. The first-order valence-electron chi connectivity index (χ1n) is 10.4. The zero-order valence-corrected chi connectivity index (χ0v) is 19.2. The van der Waals surface area contributed by atoms with E-state index in [1.807, 2.05) is 13.8 Å². The van der Waals surface area contributed by atoms with E-state index >= 15 is 0 Å². The Kier molecular flexibility index (Phi) is 7.67. The number of benzene rings is 2. The fourth-order valence-corrected chi connectivity index (χ4v) is 5.17. The predicted octanol–water partition coefficient (Wildman–Crippen LogP) is 2.01. The van der Waals surface area contributed by atoms with Crippen LogP contribution in [-0.4, -0.2) is 66.2 Å². The van der Waals surface area contributed by atoms with Crippen LogP contribution in [0.2, 0.25) is 0 Å². The molecule has 1 heterocycles. The number of aliphatic hydroxyl groups is 1. The van der Waals surface area contributed by atoms with E-state index in [9.17, 15) is 28.5 Å². The van der Waals surface area contributed by atoms with Crippen LogP contribution in [0.25, 0.3) is 0 Å². The first-order valence-corrected chi connectivity index (χ1v) is 11.9. The van der Waals surface area contributed by atoms with Gasteiger partial charge in [-0.3, -0.25) is 0 Å². The first kappa shape index (κ1) is 24.6. The highest BCUT2D eigenvalue weighted by Gasteiger charge is 2.32. The Labute approximate surface area is 192 Å². The molecule has 1 aliphatic rings. The largest absolute Gasteiger partial charge is 0.508 e. The molecule has 11 heteroatoms. The van der Waals surface area contributed by atoms with E-state index in [0.717, 1.165) is 4.31 Å². The lowest BCUT2D eigenvalue weighted by Gasteiger charge is -2.30. The summed E-state index contributed by atoms with van der Waals surface area (Å²) in [5.74, 6) is 0.770. The number of phenolic OH excluding ortho intramolecular Hbond substituents is 1. The molecule has 180 valence electrons. The number of carboxylic acid groups (broad SMARTS) is 1. The van der Waals surface area contributed by atoms with Crippen LogP contribution in [0.5, 0.6) is 17.2 Å². The van der Waals surface area contributed by atoms with Gasteiger partial charge in [0.1, 0.15) is 5.75 Å². The molecule has 3 rings (SSSR count). The Morgan fingerprint density at radius 2 is 1.76 bits per heavy atom. The molecular formula is C22H28N2O8S. The van der Waals surface area contributed by atoms with Crippen LogP contribution in [0.15, 0.2) is 47.4 Å². The van der Waals surface area contributed by atoms with Crippen molar-refractivity contribution in [1.29, 1.82) is 0 Å². The maximum absolute atomic E-state index is 13.4. The van der Waals surface area contributed by atoms with Gasteiger partial charge in [0.05, 0.1) is 17.0 Å². The molecule has 0 bridgehead atoms. The van der Waals surface area contributed by atoms with Crippen LogP contribution < -0.4 is 14.8 Å². The van der Waals surface area contributed by atoms with Crippen molar-refractivity contribution in [2.24, 2.45) is 5.92 Å². The molecule has 2 aromatic rings. The van der Waals surface area contributed by atoms with Gasteiger partial charge in [-0.25, -0.2) is 13.2 Å². The van der Waals surface area contributed by atoms with Crippen molar-refractivity contribution in [1.82, 2.24) is 9.62 Å². The van der Waals surface area contributed by atoms with Crippen LogP contribution >= 0.6 is 0 Å². The lowest BCUT2D eigenvalue weighted by molar-refractivity contribution is 0.0980. The van der Waals surface area contributed by atoms with Gasteiger partial charge in [-0.15, -0.1) is 0 Å². The van der Waals surface area contributed by atoms with Gasteiger partial charge in [0.25, 0.3) is 0 Å². The highest BCUT2D eigenvalue weighted by atomic mass is 32.2. The molecule has 0 aromatic heterocycles. The van der Waals surface area contributed by atoms with Crippen molar-refractivity contribution in [3.05, 3.63) is 48.0 Å². The molecule has 0 spiro atoms. The van der Waals surface area contributed by atoms with Crippen molar-refractivity contribution in [3.63, 3.8) is 0 Å². The average molecular weight is 481 g/mol. The number of aromatic hydroxyl groups is 1. The van der Waals surface area contributed by atoms with Gasteiger partial charge < -0.3 is 30.1 Å². The SMILES string of the molecule is CC(C)CN(C[C@H](O)[C@H](Cc1ccc(O)cc1)NC(=O)O)S(=O)(=O)c1ccc2c(c1)OCO2. The normalized spacial score (nSPS) is 14.9. The Bertz CT molecular complexity index is 1070. The summed E-state index contributed by atoms with van der Waals surface area (Å²) in [6.45, 7) is 3.49. The van der Waals surface area contributed by atoms with Crippen LogP contribution in [0, 0.1) is 5.92 Å². The van der Waals surface area contributed by atoms with E-state index in [-0.39, 0.29) is 42.9 Å². The van der Waals surface area contributed by atoms with Crippen molar-refractivity contribution in [3.8, 4) is 17.2 Å². The third-order valence-corrected chi connectivity index (χ3v) is 6.93. The minimum Gasteiger partial charge on any atom is -0.508 e. The van der Waals surface area contributed by atoms with Crippen molar-refractivity contribution >= 4 is 16.1 Å². The number of carbonyl (C=O) groups is 1. The number of amides is 1. The molecule has 0 saturated carbocycles.